The number of alkyl halides is 3. The van der Waals surface area contributed by atoms with E-state index < -0.39 is 23.8 Å². The molecule has 0 saturated carbocycles. The number of benzene rings is 2. The van der Waals surface area contributed by atoms with Gasteiger partial charge in [-0.15, -0.1) is 0 Å². The molecule has 0 radical (unpaired) electrons. The van der Waals surface area contributed by atoms with Crippen molar-refractivity contribution in [2.75, 3.05) is 6.54 Å². The zero-order valence-corrected chi connectivity index (χ0v) is 25.0. The SMILES string of the molecule is CC(C)CNC(=S)N(Cc1ccccc1C(F)(F)F)C(N)[C@@H](C(=O)Cc1cncn1Cc1ccc(C#N)cc1)C(C)C. The topological polar surface area (TPSA) is 100.0 Å². The van der Waals surface area contributed by atoms with Crippen molar-refractivity contribution in [1.29, 1.82) is 5.26 Å². The monoisotopic (exact) mass is 598 g/mol. The molecule has 0 saturated heterocycles. The van der Waals surface area contributed by atoms with Gasteiger partial charge in [0.15, 0.2) is 5.11 Å². The van der Waals surface area contributed by atoms with Crippen LogP contribution in [0.15, 0.2) is 61.1 Å². The number of nitrogens with zero attached hydrogens (tertiary/aromatic N) is 4. The van der Waals surface area contributed by atoms with E-state index >= 15 is 0 Å². The van der Waals surface area contributed by atoms with Gasteiger partial charge in [0.1, 0.15) is 5.78 Å². The Morgan fingerprint density at radius 3 is 2.40 bits per heavy atom. The zero-order valence-electron chi connectivity index (χ0n) is 24.2. The fourth-order valence-electron chi connectivity index (χ4n) is 4.79. The summed E-state index contributed by atoms with van der Waals surface area (Å²) < 4.78 is 43.4. The molecule has 0 spiro atoms. The molecule has 2 aromatic carbocycles. The van der Waals surface area contributed by atoms with Crippen LogP contribution in [0.2, 0.25) is 0 Å². The highest BCUT2D eigenvalue weighted by Crippen LogP contribution is 2.33. The molecule has 0 amide bonds. The Morgan fingerprint density at radius 2 is 1.81 bits per heavy atom. The first-order chi connectivity index (χ1) is 19.8. The maximum Gasteiger partial charge on any atom is 0.416 e. The van der Waals surface area contributed by atoms with Gasteiger partial charge in [-0.3, -0.25) is 4.79 Å². The number of rotatable bonds is 12. The predicted molar refractivity (Wildman–Crippen MR) is 160 cm³/mol. The van der Waals surface area contributed by atoms with Crippen LogP contribution in [0.25, 0.3) is 0 Å². The summed E-state index contributed by atoms with van der Waals surface area (Å²) in [6, 6.07) is 14.6. The number of nitriles is 1. The van der Waals surface area contributed by atoms with Gasteiger partial charge in [0.05, 0.1) is 35.6 Å². The first-order valence-electron chi connectivity index (χ1n) is 13.8. The van der Waals surface area contributed by atoms with Crippen LogP contribution < -0.4 is 11.1 Å². The number of aromatic nitrogens is 2. The molecular formula is C31H37F3N6OS. The number of thiocarbonyl (C=S) groups is 1. The lowest BCUT2D eigenvalue weighted by atomic mass is 9.86. The fraction of sp³-hybridized carbons (Fsp3) is 0.419. The van der Waals surface area contributed by atoms with Gasteiger partial charge in [-0.05, 0) is 53.4 Å². The molecule has 7 nitrogen and oxygen atoms in total. The number of halogens is 3. The number of imidazole rings is 1. The van der Waals surface area contributed by atoms with E-state index in [1.165, 1.54) is 17.0 Å². The molecule has 3 N–H and O–H groups in total. The Hall–Kier alpha value is -3.75. The first-order valence-corrected chi connectivity index (χ1v) is 14.2. The third-order valence-electron chi connectivity index (χ3n) is 6.99. The molecule has 1 aromatic heterocycles. The molecule has 1 unspecified atom stereocenters. The number of ketones is 1. The fourth-order valence-corrected chi connectivity index (χ4v) is 5.06. The van der Waals surface area contributed by atoms with Crippen molar-refractivity contribution in [3.8, 4) is 6.07 Å². The molecule has 11 heteroatoms. The molecule has 0 aliphatic heterocycles. The largest absolute Gasteiger partial charge is 0.416 e. The van der Waals surface area contributed by atoms with Crippen LogP contribution in [0.5, 0.6) is 0 Å². The summed E-state index contributed by atoms with van der Waals surface area (Å²) in [5, 5.41) is 12.4. The van der Waals surface area contributed by atoms with E-state index in [-0.39, 0.29) is 41.3 Å². The second kappa shape index (κ2) is 14.4. The predicted octanol–water partition coefficient (Wildman–Crippen LogP) is 5.52. The van der Waals surface area contributed by atoms with Crippen molar-refractivity contribution in [3.63, 3.8) is 0 Å². The Balaban J connectivity index is 1.88. The van der Waals surface area contributed by atoms with Crippen LogP contribution in [0, 0.1) is 29.1 Å². The highest BCUT2D eigenvalue weighted by atomic mass is 32.1. The van der Waals surface area contributed by atoms with Gasteiger partial charge in [0, 0.05) is 37.9 Å². The summed E-state index contributed by atoms with van der Waals surface area (Å²) in [6.45, 7) is 8.44. The van der Waals surface area contributed by atoms with E-state index in [2.05, 4.69) is 16.4 Å². The molecule has 3 aromatic rings. The highest BCUT2D eigenvalue weighted by molar-refractivity contribution is 7.80. The Morgan fingerprint density at radius 1 is 1.14 bits per heavy atom. The van der Waals surface area contributed by atoms with Gasteiger partial charge >= 0.3 is 6.18 Å². The maximum absolute atomic E-state index is 13.8. The Bertz CT molecular complexity index is 1390. The molecule has 42 heavy (non-hydrogen) atoms. The van der Waals surface area contributed by atoms with Crippen LogP contribution in [0.1, 0.15) is 55.6 Å². The van der Waals surface area contributed by atoms with Crippen molar-refractivity contribution in [3.05, 3.63) is 89.0 Å². The number of nitrogens with one attached hydrogen (secondary N) is 1. The normalized spacial score (nSPS) is 13.1. The number of carbonyl (C=O) groups excluding carboxylic acids is 1. The summed E-state index contributed by atoms with van der Waals surface area (Å²) in [6.07, 6.45) is -2.25. The number of nitrogens with two attached hydrogens (primary N) is 1. The van der Waals surface area contributed by atoms with Crippen LogP contribution in [0.3, 0.4) is 0 Å². The van der Waals surface area contributed by atoms with Crippen molar-refractivity contribution < 1.29 is 18.0 Å². The minimum absolute atomic E-state index is 0.0181. The molecule has 1 heterocycles. The summed E-state index contributed by atoms with van der Waals surface area (Å²) in [4.78, 5) is 19.6. The third kappa shape index (κ3) is 8.63. The van der Waals surface area contributed by atoms with E-state index in [4.69, 9.17) is 23.2 Å². The number of Topliss-reactive ketones (excluding diaryl/α,β-unsaturated/α-hetero) is 1. The lowest BCUT2D eigenvalue weighted by Gasteiger charge is -2.38. The van der Waals surface area contributed by atoms with Crippen molar-refractivity contribution in [2.45, 2.75) is 59.5 Å². The van der Waals surface area contributed by atoms with Gasteiger partial charge in [-0.1, -0.05) is 58.0 Å². The summed E-state index contributed by atoms with van der Waals surface area (Å²) in [5.41, 5.74) is 8.16. The molecule has 0 aliphatic carbocycles. The Kier molecular flexibility index (Phi) is 11.3. The lowest BCUT2D eigenvalue weighted by molar-refractivity contribution is -0.138. The number of carbonyl (C=O) groups is 1. The van der Waals surface area contributed by atoms with Gasteiger partial charge in [0.2, 0.25) is 0 Å². The minimum atomic E-state index is -4.56. The van der Waals surface area contributed by atoms with E-state index in [0.717, 1.165) is 11.6 Å². The van der Waals surface area contributed by atoms with Crippen molar-refractivity contribution in [1.82, 2.24) is 19.8 Å². The molecule has 3 rings (SSSR count). The average Bonchev–Trinajstić information content (AvgIpc) is 3.36. The van der Waals surface area contributed by atoms with Gasteiger partial charge < -0.3 is 20.5 Å². The highest BCUT2D eigenvalue weighted by Gasteiger charge is 2.37. The molecule has 2 atom stereocenters. The molecular weight excluding hydrogens is 561 g/mol. The summed E-state index contributed by atoms with van der Waals surface area (Å²) >= 11 is 5.63. The van der Waals surface area contributed by atoms with Crippen LogP contribution in [0.4, 0.5) is 13.2 Å². The Labute approximate surface area is 250 Å². The molecule has 224 valence electrons. The zero-order chi connectivity index (χ0) is 31.0. The van der Waals surface area contributed by atoms with Crippen molar-refractivity contribution >= 4 is 23.1 Å². The standard InChI is InChI=1S/C31H37F3N6OS/c1-20(2)15-38-30(42)40(18-24-7-5-6-8-26(24)31(32,33)34)29(36)28(21(3)4)27(41)13-25-16-37-19-39(25)17-23-11-9-22(14-35)10-12-23/h5-12,16,19-21,28-29H,13,15,17-18,36H2,1-4H3,(H,38,42)/t28-,29?/m1/s1. The quantitative estimate of drug-likeness (QED) is 0.209. The summed E-state index contributed by atoms with van der Waals surface area (Å²) in [7, 11) is 0. The number of hydrogen-bond donors (Lipinski definition) is 2. The van der Waals surface area contributed by atoms with E-state index in [1.807, 2.05) is 44.4 Å². The van der Waals surface area contributed by atoms with E-state index in [0.29, 0.717) is 24.3 Å². The van der Waals surface area contributed by atoms with Gasteiger partial charge in [0.25, 0.3) is 0 Å². The smallest absolute Gasteiger partial charge is 0.362 e. The van der Waals surface area contributed by atoms with Crippen LogP contribution in [-0.4, -0.2) is 38.1 Å². The molecule has 0 bridgehead atoms. The molecule has 0 fully saturated rings. The second-order valence-electron chi connectivity index (χ2n) is 11.1. The van der Waals surface area contributed by atoms with Gasteiger partial charge in [-0.25, -0.2) is 4.98 Å². The first kappa shape index (κ1) is 32.8. The maximum atomic E-state index is 13.8. The average molecular weight is 599 g/mol. The molecule has 0 aliphatic rings. The third-order valence-corrected chi connectivity index (χ3v) is 7.37. The van der Waals surface area contributed by atoms with Crippen LogP contribution >= 0.6 is 12.2 Å². The lowest BCUT2D eigenvalue weighted by Crippen LogP contribution is -2.56. The van der Waals surface area contributed by atoms with E-state index in [1.54, 1.807) is 30.7 Å². The minimum Gasteiger partial charge on any atom is -0.362 e. The van der Waals surface area contributed by atoms with E-state index in [9.17, 15) is 18.0 Å². The van der Waals surface area contributed by atoms with Crippen LogP contribution in [-0.2, 0) is 30.5 Å². The summed E-state index contributed by atoms with van der Waals surface area (Å²) in [5.74, 6) is -0.905. The number of hydrogen-bond acceptors (Lipinski definition) is 5. The van der Waals surface area contributed by atoms with Crippen molar-refractivity contribution in [2.24, 2.45) is 23.5 Å². The van der Waals surface area contributed by atoms with Gasteiger partial charge in [-0.2, -0.15) is 18.4 Å². The second-order valence-corrected chi connectivity index (χ2v) is 11.5.